The second kappa shape index (κ2) is 13.8. The molecule has 39 heavy (non-hydrogen) atoms. The molecule has 0 spiro atoms. The van der Waals surface area contributed by atoms with Crippen LogP contribution in [0.4, 0.5) is 5.82 Å². The number of hydrogen-bond acceptors (Lipinski definition) is 9. The number of ether oxygens (including phenoxy) is 1. The molecule has 2 aromatic rings. The molecule has 1 saturated heterocycles. The average Bonchev–Trinajstić information content (AvgIpc) is 3.18. The third kappa shape index (κ3) is 8.20. The van der Waals surface area contributed by atoms with Crippen molar-refractivity contribution in [3.63, 3.8) is 0 Å². The fraction of sp³-hybridized carbons (Fsp3) is 0.333. The number of nitrogens with zero attached hydrogens (tertiary/aromatic N) is 4. The molecule has 0 radical (unpaired) electrons. The van der Waals surface area contributed by atoms with Gasteiger partial charge in [-0.1, -0.05) is 25.1 Å². The summed E-state index contributed by atoms with van der Waals surface area (Å²) in [5.41, 5.74) is 0.800. The Kier molecular flexibility index (Phi) is 10.3. The van der Waals surface area contributed by atoms with E-state index in [1.165, 1.54) is 4.90 Å². The first-order valence-corrected chi connectivity index (χ1v) is 12.4. The largest absolute Gasteiger partial charge is 0.478 e. The highest BCUT2D eigenvalue weighted by molar-refractivity contribution is 6.21. The molecule has 12 heteroatoms. The van der Waals surface area contributed by atoms with E-state index >= 15 is 0 Å². The van der Waals surface area contributed by atoms with Gasteiger partial charge in [0, 0.05) is 57.5 Å². The van der Waals surface area contributed by atoms with Crippen LogP contribution in [0.2, 0.25) is 0 Å². The Morgan fingerprint density at radius 1 is 0.897 bits per heavy atom. The van der Waals surface area contributed by atoms with Crippen LogP contribution >= 0.6 is 0 Å². The summed E-state index contributed by atoms with van der Waals surface area (Å²) in [5.74, 6) is -2.58. The van der Waals surface area contributed by atoms with Crippen LogP contribution in [0.15, 0.2) is 60.8 Å². The van der Waals surface area contributed by atoms with Crippen LogP contribution in [0.1, 0.15) is 34.1 Å². The topological polar surface area (TPSA) is 158 Å². The number of benzene rings is 1. The van der Waals surface area contributed by atoms with Gasteiger partial charge in [-0.2, -0.15) is 0 Å². The molecule has 0 saturated carbocycles. The van der Waals surface area contributed by atoms with E-state index in [9.17, 15) is 24.0 Å². The summed E-state index contributed by atoms with van der Waals surface area (Å²) in [7, 11) is 0. The molecule has 206 valence electrons. The maximum atomic E-state index is 12.7. The van der Waals surface area contributed by atoms with E-state index in [0.29, 0.717) is 29.8 Å². The fourth-order valence-corrected chi connectivity index (χ4v) is 4.14. The molecular weight excluding hydrogens is 508 g/mol. The van der Waals surface area contributed by atoms with E-state index in [-0.39, 0.29) is 30.7 Å². The van der Waals surface area contributed by atoms with Crippen LogP contribution in [0.3, 0.4) is 0 Å². The summed E-state index contributed by atoms with van der Waals surface area (Å²) >= 11 is 0. The van der Waals surface area contributed by atoms with Gasteiger partial charge in [-0.05, 0) is 24.3 Å². The van der Waals surface area contributed by atoms with E-state index < -0.39 is 18.0 Å². The van der Waals surface area contributed by atoms with Crippen LogP contribution < -0.4 is 4.90 Å². The lowest BCUT2D eigenvalue weighted by molar-refractivity contribution is -0.150. The normalized spacial score (nSPS) is 15.9. The van der Waals surface area contributed by atoms with Crippen LogP contribution in [-0.4, -0.2) is 100 Å². The first kappa shape index (κ1) is 29.0. The first-order valence-electron chi connectivity index (χ1n) is 12.4. The van der Waals surface area contributed by atoms with Gasteiger partial charge >= 0.3 is 17.9 Å². The van der Waals surface area contributed by atoms with Crippen molar-refractivity contribution in [3.8, 4) is 0 Å². The highest BCUT2D eigenvalue weighted by atomic mass is 16.5. The maximum absolute atomic E-state index is 12.7. The van der Waals surface area contributed by atoms with Gasteiger partial charge in [-0.25, -0.2) is 14.6 Å². The molecule has 0 bridgehead atoms. The van der Waals surface area contributed by atoms with Gasteiger partial charge in [0.25, 0.3) is 11.8 Å². The zero-order valence-corrected chi connectivity index (χ0v) is 21.4. The Labute approximate surface area is 225 Å². The van der Waals surface area contributed by atoms with Gasteiger partial charge in [-0.15, -0.1) is 0 Å². The number of pyridine rings is 1. The number of carboxylic acid groups (broad SMARTS) is 2. The number of piperazine rings is 1. The Balaban J connectivity index is 0.000000459. The molecule has 12 nitrogen and oxygen atoms in total. The van der Waals surface area contributed by atoms with Crippen LogP contribution in [0.5, 0.6) is 0 Å². The summed E-state index contributed by atoms with van der Waals surface area (Å²) in [6.07, 6.45) is 2.57. The van der Waals surface area contributed by atoms with Crippen molar-refractivity contribution in [2.24, 2.45) is 0 Å². The summed E-state index contributed by atoms with van der Waals surface area (Å²) in [6.45, 7) is 5.41. The molecule has 1 aromatic heterocycles. The smallest absolute Gasteiger partial charge is 0.328 e. The molecular formula is C27H30N4O8. The number of anilines is 1. The van der Waals surface area contributed by atoms with E-state index in [0.717, 1.165) is 32.0 Å². The number of aromatic nitrogens is 1. The van der Waals surface area contributed by atoms with Crippen molar-refractivity contribution < 1.29 is 38.9 Å². The lowest BCUT2D eigenvalue weighted by Crippen LogP contribution is -2.51. The van der Waals surface area contributed by atoms with E-state index in [1.807, 2.05) is 18.2 Å². The minimum absolute atomic E-state index is 0.0541. The minimum Gasteiger partial charge on any atom is -0.478 e. The second-order valence-corrected chi connectivity index (χ2v) is 8.72. The van der Waals surface area contributed by atoms with Crippen molar-refractivity contribution in [2.45, 2.75) is 19.4 Å². The molecule has 2 aliphatic heterocycles. The quantitative estimate of drug-likeness (QED) is 0.271. The van der Waals surface area contributed by atoms with Crippen molar-refractivity contribution in [3.05, 3.63) is 71.9 Å². The third-order valence-corrected chi connectivity index (χ3v) is 6.03. The number of aliphatic carboxylic acids is 2. The zero-order valence-electron chi connectivity index (χ0n) is 21.4. The van der Waals surface area contributed by atoms with Gasteiger partial charge in [-0.3, -0.25) is 24.2 Å². The molecule has 3 heterocycles. The number of fused-ring (bicyclic) bond motifs is 1. The number of carboxylic acids is 2. The molecule has 1 atom stereocenters. The highest BCUT2D eigenvalue weighted by Gasteiger charge is 2.37. The number of hydrogen-bond donors (Lipinski definition) is 2. The Morgan fingerprint density at radius 3 is 1.95 bits per heavy atom. The van der Waals surface area contributed by atoms with E-state index in [1.54, 1.807) is 37.4 Å². The molecule has 1 aromatic carbocycles. The number of amides is 2. The third-order valence-electron chi connectivity index (χ3n) is 6.03. The Morgan fingerprint density at radius 2 is 1.46 bits per heavy atom. The maximum Gasteiger partial charge on any atom is 0.328 e. The number of imide groups is 1. The Hall–Kier alpha value is -4.58. The van der Waals surface area contributed by atoms with Crippen molar-refractivity contribution >= 4 is 35.5 Å². The lowest BCUT2D eigenvalue weighted by atomic mass is 10.1. The van der Waals surface area contributed by atoms with Gasteiger partial charge in [0.15, 0.2) is 0 Å². The first-order chi connectivity index (χ1) is 18.7. The highest BCUT2D eigenvalue weighted by Crippen LogP contribution is 2.23. The standard InChI is InChI=1S/C23H26N4O4.C4H4O4/c1-2-21(28)31-17(16-27-22(29)18-7-3-4-8-19(18)23(27)30)15-25-11-13-26(14-12-25)20-9-5-6-10-24-20;5-3(6)1-2-4(7)8/h3-10,17H,2,11-16H2,1H3;1-2H,(H,5,6)(H,7,8). The number of carbonyl (C=O) groups is 5. The van der Waals surface area contributed by atoms with Gasteiger partial charge < -0.3 is 19.8 Å². The number of rotatable bonds is 9. The molecule has 1 fully saturated rings. The number of esters is 1. The summed E-state index contributed by atoms with van der Waals surface area (Å²) in [4.78, 5) is 66.6. The van der Waals surface area contributed by atoms with Crippen LogP contribution in [0, 0.1) is 0 Å². The minimum atomic E-state index is -1.26. The van der Waals surface area contributed by atoms with E-state index in [2.05, 4.69) is 14.8 Å². The number of carbonyl (C=O) groups excluding carboxylic acids is 3. The van der Waals surface area contributed by atoms with Gasteiger partial charge in [0.05, 0.1) is 17.7 Å². The molecule has 2 N–H and O–H groups in total. The predicted molar refractivity (Wildman–Crippen MR) is 139 cm³/mol. The molecule has 0 aliphatic carbocycles. The van der Waals surface area contributed by atoms with Gasteiger partial charge in [0.2, 0.25) is 0 Å². The molecule has 1 unspecified atom stereocenters. The summed E-state index contributed by atoms with van der Waals surface area (Å²) in [5, 5.41) is 15.6. The summed E-state index contributed by atoms with van der Waals surface area (Å²) in [6, 6.07) is 12.6. The second-order valence-electron chi connectivity index (χ2n) is 8.72. The van der Waals surface area contributed by atoms with Crippen molar-refractivity contribution in [1.82, 2.24) is 14.8 Å². The van der Waals surface area contributed by atoms with E-state index in [4.69, 9.17) is 14.9 Å². The summed E-state index contributed by atoms with van der Waals surface area (Å²) < 4.78 is 5.62. The predicted octanol–water partition coefficient (Wildman–Crippen LogP) is 1.53. The Bertz CT molecular complexity index is 1170. The lowest BCUT2D eigenvalue weighted by Gasteiger charge is -2.37. The monoisotopic (exact) mass is 538 g/mol. The molecule has 2 amide bonds. The zero-order chi connectivity index (χ0) is 28.4. The SMILES string of the molecule is CCC(=O)OC(CN1CCN(c2ccccn2)CC1)CN1C(=O)c2ccccc2C1=O.O=C(O)C=CC(=O)O. The van der Waals surface area contributed by atoms with Crippen LogP contribution in [0.25, 0.3) is 0 Å². The van der Waals surface area contributed by atoms with Crippen molar-refractivity contribution in [1.29, 1.82) is 0 Å². The van der Waals surface area contributed by atoms with Crippen LogP contribution in [-0.2, 0) is 19.1 Å². The van der Waals surface area contributed by atoms with Gasteiger partial charge in [0.1, 0.15) is 11.9 Å². The fourth-order valence-electron chi connectivity index (χ4n) is 4.14. The molecule has 4 rings (SSSR count). The van der Waals surface area contributed by atoms with Crippen molar-refractivity contribution in [2.75, 3.05) is 44.2 Å². The molecule has 2 aliphatic rings. The average molecular weight is 539 g/mol.